The van der Waals surface area contributed by atoms with Crippen LogP contribution >= 0.6 is 0 Å². The molecule has 2 saturated heterocycles. The molecule has 27 heavy (non-hydrogen) atoms. The summed E-state index contributed by atoms with van der Waals surface area (Å²) in [6, 6.07) is 20.0. The molecule has 2 aliphatic rings. The lowest BCUT2D eigenvalue weighted by Gasteiger charge is -2.44. The normalized spacial score (nSPS) is 22.0. The van der Waals surface area contributed by atoms with Gasteiger partial charge in [-0.05, 0) is 37.1 Å². The molecule has 4 rings (SSSR count). The number of hydrogen-bond acceptors (Lipinski definition) is 4. The van der Waals surface area contributed by atoms with E-state index >= 15 is 0 Å². The largest absolute Gasteiger partial charge is 0.495 e. The molecule has 1 atom stereocenters. The summed E-state index contributed by atoms with van der Waals surface area (Å²) in [4.78, 5) is 7.82. The number of methoxy groups -OCH3 is 1. The number of likely N-dealkylation sites (tertiary alicyclic amines) is 1. The maximum Gasteiger partial charge on any atom is 0.142 e. The molecule has 0 aromatic heterocycles. The summed E-state index contributed by atoms with van der Waals surface area (Å²) in [7, 11) is 1.76. The van der Waals surface area contributed by atoms with Crippen molar-refractivity contribution in [1.82, 2.24) is 9.80 Å². The number of benzene rings is 2. The van der Waals surface area contributed by atoms with Gasteiger partial charge in [0.15, 0.2) is 0 Å². The van der Waals surface area contributed by atoms with Gasteiger partial charge in [0.25, 0.3) is 0 Å². The Kier molecular flexibility index (Phi) is 5.95. The predicted octanol–water partition coefficient (Wildman–Crippen LogP) is 3.48. The van der Waals surface area contributed by atoms with Crippen LogP contribution in [0.25, 0.3) is 0 Å². The zero-order valence-corrected chi connectivity index (χ0v) is 16.4. The maximum absolute atomic E-state index is 5.55. The highest BCUT2D eigenvalue weighted by Gasteiger charge is 2.28. The first-order chi connectivity index (χ1) is 13.3. The molecule has 2 heterocycles. The monoisotopic (exact) mass is 365 g/mol. The Balaban J connectivity index is 1.32. The first-order valence-electron chi connectivity index (χ1n) is 10.2. The second kappa shape index (κ2) is 8.77. The van der Waals surface area contributed by atoms with E-state index in [-0.39, 0.29) is 0 Å². The molecule has 144 valence electrons. The average Bonchev–Trinajstić information content (AvgIpc) is 2.75. The molecule has 2 aromatic rings. The van der Waals surface area contributed by atoms with Crippen LogP contribution in [0.4, 0.5) is 5.69 Å². The number of anilines is 1. The van der Waals surface area contributed by atoms with Crippen LogP contribution < -0.4 is 9.64 Å². The topological polar surface area (TPSA) is 19.0 Å². The summed E-state index contributed by atoms with van der Waals surface area (Å²) in [5.74, 6) is 0.984. The smallest absolute Gasteiger partial charge is 0.142 e. The molecule has 0 saturated carbocycles. The van der Waals surface area contributed by atoms with E-state index in [0.717, 1.165) is 38.5 Å². The fourth-order valence-corrected chi connectivity index (χ4v) is 4.53. The molecule has 0 N–H and O–H groups in total. The van der Waals surface area contributed by atoms with Crippen LogP contribution in [0.3, 0.4) is 0 Å². The van der Waals surface area contributed by atoms with E-state index < -0.39 is 0 Å². The fourth-order valence-electron chi connectivity index (χ4n) is 4.53. The van der Waals surface area contributed by atoms with Crippen molar-refractivity contribution in [2.75, 3.05) is 51.3 Å². The van der Waals surface area contributed by atoms with Crippen LogP contribution in [-0.2, 0) is 6.54 Å². The van der Waals surface area contributed by atoms with Gasteiger partial charge in [-0.15, -0.1) is 0 Å². The number of piperidine rings is 1. The fraction of sp³-hybridized carbons (Fsp3) is 0.478. The third-order valence-electron chi connectivity index (χ3n) is 5.99. The number of rotatable bonds is 5. The third kappa shape index (κ3) is 4.45. The van der Waals surface area contributed by atoms with Gasteiger partial charge in [0.1, 0.15) is 5.75 Å². The van der Waals surface area contributed by atoms with Crippen LogP contribution in [0, 0.1) is 0 Å². The van der Waals surface area contributed by atoms with E-state index in [0.29, 0.717) is 6.04 Å². The van der Waals surface area contributed by atoms with Crippen molar-refractivity contribution in [2.45, 2.75) is 25.4 Å². The second-order valence-corrected chi connectivity index (χ2v) is 7.71. The Morgan fingerprint density at radius 3 is 2.41 bits per heavy atom. The van der Waals surface area contributed by atoms with E-state index in [1.54, 1.807) is 7.11 Å². The summed E-state index contributed by atoms with van der Waals surface area (Å²) in [6.07, 6.45) is 2.64. The van der Waals surface area contributed by atoms with Crippen molar-refractivity contribution in [1.29, 1.82) is 0 Å². The molecule has 2 aliphatic heterocycles. The summed E-state index contributed by atoms with van der Waals surface area (Å²) >= 11 is 0. The van der Waals surface area contributed by atoms with Gasteiger partial charge >= 0.3 is 0 Å². The lowest BCUT2D eigenvalue weighted by atomic mass is 10.0. The number of nitrogens with zero attached hydrogens (tertiary/aromatic N) is 3. The van der Waals surface area contributed by atoms with Crippen molar-refractivity contribution in [3.8, 4) is 5.75 Å². The van der Waals surface area contributed by atoms with Gasteiger partial charge < -0.3 is 9.64 Å². The standard InChI is InChI=1S/C23H31N3O/c1-27-23-12-6-5-11-22(23)26-16-14-25(15-17-26)21-10-7-13-24(19-21)18-20-8-3-2-4-9-20/h2-6,8-9,11-12,21H,7,10,13-19H2,1H3/t21-/m1/s1. The molecule has 2 fully saturated rings. The quantitative estimate of drug-likeness (QED) is 0.807. The van der Waals surface area contributed by atoms with Crippen molar-refractivity contribution in [2.24, 2.45) is 0 Å². The first-order valence-corrected chi connectivity index (χ1v) is 10.2. The minimum absolute atomic E-state index is 0.697. The molecule has 0 amide bonds. The lowest BCUT2D eigenvalue weighted by Crippen LogP contribution is -2.55. The Hall–Kier alpha value is -2.04. The summed E-state index contributed by atoms with van der Waals surface area (Å²) in [5.41, 5.74) is 2.66. The molecular formula is C23H31N3O. The third-order valence-corrected chi connectivity index (χ3v) is 5.99. The lowest BCUT2D eigenvalue weighted by molar-refractivity contribution is 0.0887. The molecule has 0 aliphatic carbocycles. The van der Waals surface area contributed by atoms with Gasteiger partial charge in [-0.2, -0.15) is 0 Å². The SMILES string of the molecule is COc1ccccc1N1CCN([C@@H]2CCCN(Cc3ccccc3)C2)CC1. The van der Waals surface area contributed by atoms with Gasteiger partial charge in [0, 0.05) is 45.3 Å². The van der Waals surface area contributed by atoms with Crippen LogP contribution in [0.1, 0.15) is 18.4 Å². The first kappa shape index (κ1) is 18.3. The Morgan fingerprint density at radius 1 is 0.889 bits per heavy atom. The molecule has 2 aromatic carbocycles. The van der Waals surface area contributed by atoms with Gasteiger partial charge in [0.05, 0.1) is 12.8 Å². The molecule has 4 nitrogen and oxygen atoms in total. The van der Waals surface area contributed by atoms with E-state index in [4.69, 9.17) is 4.74 Å². The predicted molar refractivity (Wildman–Crippen MR) is 112 cm³/mol. The Labute approximate surface area is 163 Å². The molecule has 0 unspecified atom stereocenters. The van der Waals surface area contributed by atoms with E-state index in [2.05, 4.69) is 63.2 Å². The maximum atomic E-state index is 5.55. The highest BCUT2D eigenvalue weighted by molar-refractivity contribution is 5.58. The summed E-state index contributed by atoms with van der Waals surface area (Å²) < 4.78 is 5.55. The minimum Gasteiger partial charge on any atom is -0.495 e. The average molecular weight is 366 g/mol. The Morgan fingerprint density at radius 2 is 1.63 bits per heavy atom. The number of ether oxygens (including phenoxy) is 1. The molecule has 0 radical (unpaired) electrons. The van der Waals surface area contributed by atoms with Gasteiger partial charge in [-0.25, -0.2) is 0 Å². The second-order valence-electron chi connectivity index (χ2n) is 7.71. The molecule has 0 spiro atoms. The summed E-state index contributed by atoms with van der Waals surface area (Å²) in [5, 5.41) is 0. The van der Waals surface area contributed by atoms with Gasteiger partial charge in [-0.1, -0.05) is 42.5 Å². The van der Waals surface area contributed by atoms with Gasteiger partial charge in [-0.3, -0.25) is 9.80 Å². The highest BCUT2D eigenvalue weighted by atomic mass is 16.5. The highest BCUT2D eigenvalue weighted by Crippen LogP contribution is 2.29. The van der Waals surface area contributed by atoms with Crippen molar-refractivity contribution >= 4 is 5.69 Å². The minimum atomic E-state index is 0.697. The molecule has 0 bridgehead atoms. The van der Waals surface area contributed by atoms with Crippen LogP contribution in [0.15, 0.2) is 54.6 Å². The van der Waals surface area contributed by atoms with E-state index in [1.165, 1.54) is 37.2 Å². The van der Waals surface area contributed by atoms with Crippen LogP contribution in [0.5, 0.6) is 5.75 Å². The van der Waals surface area contributed by atoms with Gasteiger partial charge in [0.2, 0.25) is 0 Å². The molecular weight excluding hydrogens is 334 g/mol. The molecule has 4 heteroatoms. The summed E-state index contributed by atoms with van der Waals surface area (Å²) in [6.45, 7) is 7.95. The van der Waals surface area contributed by atoms with Crippen LogP contribution in [0.2, 0.25) is 0 Å². The van der Waals surface area contributed by atoms with E-state index in [9.17, 15) is 0 Å². The van der Waals surface area contributed by atoms with Crippen molar-refractivity contribution in [3.63, 3.8) is 0 Å². The zero-order chi connectivity index (χ0) is 18.5. The van der Waals surface area contributed by atoms with Crippen LogP contribution in [-0.4, -0.2) is 62.2 Å². The Bertz CT molecular complexity index is 713. The van der Waals surface area contributed by atoms with Crippen molar-refractivity contribution < 1.29 is 4.74 Å². The number of piperazine rings is 1. The number of hydrogen-bond donors (Lipinski definition) is 0. The van der Waals surface area contributed by atoms with Crippen molar-refractivity contribution in [3.05, 3.63) is 60.2 Å². The number of para-hydroxylation sites is 2. The van der Waals surface area contributed by atoms with E-state index in [1.807, 2.05) is 6.07 Å². The zero-order valence-electron chi connectivity index (χ0n) is 16.4.